The van der Waals surface area contributed by atoms with Gasteiger partial charge in [-0.05, 0) is 23.8 Å². The molecule has 4 aromatic rings. The highest BCUT2D eigenvalue weighted by Gasteiger charge is 2.13. The summed E-state index contributed by atoms with van der Waals surface area (Å²) in [6, 6.07) is 17.9. The van der Waals surface area contributed by atoms with Crippen LogP contribution in [0.2, 0.25) is 5.15 Å². The molecule has 0 bridgehead atoms. The Kier molecular flexibility index (Phi) is 4.57. The largest absolute Gasteiger partial charge is 0.253 e. The molecule has 0 atom stereocenters. The maximum atomic E-state index is 6.34. The third kappa shape index (κ3) is 3.06. The van der Waals surface area contributed by atoms with Gasteiger partial charge in [0.2, 0.25) is 0 Å². The standard InChI is InChI=1S/C17H10ClN3S.ClH/c18-15-12-10-14(11-6-2-1-3-7-11)22-17(12)21-16(20-15)13-8-4-5-9-19-13;/h1-10H;1H. The molecule has 114 valence electrons. The molecule has 0 saturated carbocycles. The maximum Gasteiger partial charge on any atom is 0.180 e. The molecule has 6 heteroatoms. The van der Waals surface area contributed by atoms with Crippen LogP contribution in [0, 0.1) is 0 Å². The lowest BCUT2D eigenvalue weighted by Crippen LogP contribution is -1.91. The summed E-state index contributed by atoms with van der Waals surface area (Å²) in [5.74, 6) is 0.555. The second-order valence-corrected chi connectivity index (χ2v) is 6.14. The van der Waals surface area contributed by atoms with Gasteiger partial charge in [0.05, 0.1) is 0 Å². The maximum absolute atomic E-state index is 6.34. The first-order valence-corrected chi connectivity index (χ1v) is 7.94. The quantitative estimate of drug-likeness (QED) is 0.443. The van der Waals surface area contributed by atoms with Crippen molar-refractivity contribution >= 4 is 45.6 Å². The third-order valence-corrected chi connectivity index (χ3v) is 4.66. The number of fused-ring (bicyclic) bond motifs is 1. The molecule has 0 fully saturated rings. The van der Waals surface area contributed by atoms with Crippen LogP contribution in [0.3, 0.4) is 0 Å². The Morgan fingerprint density at radius 3 is 2.43 bits per heavy atom. The lowest BCUT2D eigenvalue weighted by atomic mass is 10.2. The van der Waals surface area contributed by atoms with Gasteiger partial charge in [-0.3, -0.25) is 4.98 Å². The summed E-state index contributed by atoms with van der Waals surface area (Å²) in [6.07, 6.45) is 1.72. The second kappa shape index (κ2) is 6.62. The molecule has 3 heterocycles. The van der Waals surface area contributed by atoms with Crippen molar-refractivity contribution in [3.05, 3.63) is 65.9 Å². The highest BCUT2D eigenvalue weighted by Crippen LogP contribution is 2.36. The van der Waals surface area contributed by atoms with Crippen LogP contribution in [0.1, 0.15) is 0 Å². The normalized spacial score (nSPS) is 10.5. The van der Waals surface area contributed by atoms with E-state index in [1.807, 2.05) is 42.5 Å². The van der Waals surface area contributed by atoms with E-state index in [0.29, 0.717) is 11.0 Å². The number of pyridine rings is 1. The molecule has 1 aromatic carbocycles. The molecule has 0 aliphatic rings. The first-order valence-electron chi connectivity index (χ1n) is 6.75. The van der Waals surface area contributed by atoms with Crippen molar-refractivity contribution in [2.24, 2.45) is 0 Å². The average molecular weight is 360 g/mol. The average Bonchev–Trinajstić information content (AvgIpc) is 3.01. The van der Waals surface area contributed by atoms with E-state index in [0.717, 1.165) is 26.4 Å². The molecule has 0 unspecified atom stereocenters. The minimum Gasteiger partial charge on any atom is -0.253 e. The van der Waals surface area contributed by atoms with Crippen molar-refractivity contribution in [3.8, 4) is 22.0 Å². The van der Waals surface area contributed by atoms with Crippen molar-refractivity contribution < 1.29 is 0 Å². The minimum atomic E-state index is 0. The van der Waals surface area contributed by atoms with Gasteiger partial charge in [0.25, 0.3) is 0 Å². The summed E-state index contributed by atoms with van der Waals surface area (Å²) in [6.45, 7) is 0. The van der Waals surface area contributed by atoms with Gasteiger partial charge in [0.1, 0.15) is 15.7 Å². The van der Waals surface area contributed by atoms with Crippen LogP contribution in [0.4, 0.5) is 0 Å². The number of aromatic nitrogens is 3. The molecule has 3 nitrogen and oxygen atoms in total. The lowest BCUT2D eigenvalue weighted by Gasteiger charge is -1.99. The Balaban J connectivity index is 0.00000156. The van der Waals surface area contributed by atoms with Gasteiger partial charge in [-0.1, -0.05) is 48.0 Å². The summed E-state index contributed by atoms with van der Waals surface area (Å²) >= 11 is 7.95. The van der Waals surface area contributed by atoms with E-state index in [1.54, 1.807) is 17.5 Å². The van der Waals surface area contributed by atoms with Crippen molar-refractivity contribution in [2.45, 2.75) is 0 Å². The Labute approximate surface area is 148 Å². The number of nitrogens with zero attached hydrogens (tertiary/aromatic N) is 3. The fourth-order valence-corrected chi connectivity index (χ4v) is 3.56. The van der Waals surface area contributed by atoms with Crippen LogP contribution in [0.5, 0.6) is 0 Å². The molecule has 3 aromatic heterocycles. The van der Waals surface area contributed by atoms with Gasteiger partial charge in [0.15, 0.2) is 5.82 Å². The minimum absolute atomic E-state index is 0. The van der Waals surface area contributed by atoms with Crippen molar-refractivity contribution in [2.75, 3.05) is 0 Å². The van der Waals surface area contributed by atoms with E-state index in [2.05, 4.69) is 27.1 Å². The van der Waals surface area contributed by atoms with Gasteiger partial charge in [-0.2, -0.15) is 0 Å². The predicted octanol–water partition coefficient (Wildman–Crippen LogP) is 5.50. The van der Waals surface area contributed by atoms with Crippen molar-refractivity contribution in [3.63, 3.8) is 0 Å². The van der Waals surface area contributed by atoms with Crippen LogP contribution in [0.15, 0.2) is 60.8 Å². The summed E-state index contributed by atoms with van der Waals surface area (Å²) in [7, 11) is 0. The second-order valence-electron chi connectivity index (χ2n) is 4.75. The molecule has 0 radical (unpaired) electrons. The zero-order valence-corrected chi connectivity index (χ0v) is 14.2. The lowest BCUT2D eigenvalue weighted by molar-refractivity contribution is 1.18. The summed E-state index contributed by atoms with van der Waals surface area (Å²) < 4.78 is 0. The van der Waals surface area contributed by atoms with E-state index in [9.17, 15) is 0 Å². The molecule has 0 amide bonds. The van der Waals surface area contributed by atoms with Crippen LogP contribution in [0.25, 0.3) is 32.2 Å². The molecule has 4 rings (SSSR count). The number of rotatable bonds is 2. The predicted molar refractivity (Wildman–Crippen MR) is 98.3 cm³/mol. The Morgan fingerprint density at radius 2 is 1.70 bits per heavy atom. The Bertz CT molecular complexity index is 940. The SMILES string of the molecule is Cl.Clc1nc(-c2ccccn2)nc2sc(-c3ccccc3)cc12. The summed E-state index contributed by atoms with van der Waals surface area (Å²) in [4.78, 5) is 15.3. The van der Waals surface area contributed by atoms with Gasteiger partial charge in [0, 0.05) is 16.5 Å². The highest BCUT2D eigenvalue weighted by atomic mass is 35.5. The van der Waals surface area contributed by atoms with E-state index < -0.39 is 0 Å². The number of thiophene rings is 1. The first-order chi connectivity index (χ1) is 10.8. The third-order valence-electron chi connectivity index (χ3n) is 3.30. The summed E-state index contributed by atoms with van der Waals surface area (Å²) in [5, 5.41) is 1.34. The zero-order chi connectivity index (χ0) is 14.9. The Hall–Kier alpha value is -2.01. The van der Waals surface area contributed by atoms with E-state index in [4.69, 9.17) is 11.6 Å². The van der Waals surface area contributed by atoms with Crippen molar-refractivity contribution in [1.29, 1.82) is 0 Å². The zero-order valence-electron chi connectivity index (χ0n) is 11.8. The molecule has 0 aliphatic heterocycles. The molecule has 0 spiro atoms. The number of hydrogen-bond acceptors (Lipinski definition) is 4. The molecule has 0 saturated heterocycles. The fourth-order valence-electron chi connectivity index (χ4n) is 2.24. The molecule has 0 aliphatic carbocycles. The first kappa shape index (κ1) is 15.9. The van der Waals surface area contributed by atoms with Gasteiger partial charge >= 0.3 is 0 Å². The van der Waals surface area contributed by atoms with Crippen molar-refractivity contribution in [1.82, 2.24) is 15.0 Å². The molecule has 23 heavy (non-hydrogen) atoms. The number of halogens is 2. The molecule has 0 N–H and O–H groups in total. The van der Waals surface area contributed by atoms with E-state index >= 15 is 0 Å². The van der Waals surface area contributed by atoms with Crippen LogP contribution >= 0.6 is 35.3 Å². The molecular weight excluding hydrogens is 349 g/mol. The smallest absolute Gasteiger partial charge is 0.180 e. The Morgan fingerprint density at radius 1 is 0.913 bits per heavy atom. The van der Waals surface area contributed by atoms with E-state index in [1.165, 1.54) is 0 Å². The van der Waals surface area contributed by atoms with E-state index in [-0.39, 0.29) is 12.4 Å². The monoisotopic (exact) mass is 359 g/mol. The van der Waals surface area contributed by atoms with Crippen LogP contribution in [-0.2, 0) is 0 Å². The van der Waals surface area contributed by atoms with Crippen LogP contribution < -0.4 is 0 Å². The number of hydrogen-bond donors (Lipinski definition) is 0. The fraction of sp³-hybridized carbons (Fsp3) is 0. The van der Waals surface area contributed by atoms with Crippen LogP contribution in [-0.4, -0.2) is 15.0 Å². The number of benzene rings is 1. The summed E-state index contributed by atoms with van der Waals surface area (Å²) in [5.41, 5.74) is 1.88. The van der Waals surface area contributed by atoms with Gasteiger partial charge in [-0.25, -0.2) is 9.97 Å². The highest BCUT2D eigenvalue weighted by molar-refractivity contribution is 7.22. The van der Waals surface area contributed by atoms with Gasteiger partial charge in [-0.15, -0.1) is 23.7 Å². The molecular formula is C17H11Cl2N3S. The van der Waals surface area contributed by atoms with Gasteiger partial charge < -0.3 is 0 Å². The topological polar surface area (TPSA) is 38.7 Å².